The van der Waals surface area contributed by atoms with E-state index in [4.69, 9.17) is 17.3 Å². The van der Waals surface area contributed by atoms with E-state index in [0.717, 1.165) is 0 Å². The normalized spacial score (nSPS) is 13.5. The molecular formula is C18H17ClF2N2O. The van der Waals surface area contributed by atoms with Gasteiger partial charge in [0.05, 0.1) is 16.2 Å². The molecule has 0 saturated carbocycles. The maximum atomic E-state index is 14.6. The Morgan fingerprint density at radius 3 is 2.67 bits per heavy atom. The molecule has 3 N–H and O–H groups in total. The molecule has 0 bridgehead atoms. The lowest BCUT2D eigenvalue weighted by Gasteiger charge is -2.10. The zero-order chi connectivity index (χ0) is 18.0. The molecule has 126 valence electrons. The second-order valence-corrected chi connectivity index (χ2v) is 5.67. The third-order valence-corrected chi connectivity index (χ3v) is 4.28. The average molecular weight is 351 g/mol. The average Bonchev–Trinajstić information content (AvgIpc) is 3.07. The number of benzene rings is 1. The Morgan fingerprint density at radius 1 is 1.38 bits per heavy atom. The van der Waals surface area contributed by atoms with Crippen molar-refractivity contribution >= 4 is 33.9 Å². The highest BCUT2D eigenvalue weighted by molar-refractivity contribution is 6.34. The number of nitrogens with one attached hydrogen (secondary N) is 1. The van der Waals surface area contributed by atoms with Crippen molar-refractivity contribution in [2.75, 3.05) is 0 Å². The van der Waals surface area contributed by atoms with E-state index in [1.54, 1.807) is 25.3 Å². The second-order valence-electron chi connectivity index (χ2n) is 5.29. The van der Waals surface area contributed by atoms with Gasteiger partial charge in [0.1, 0.15) is 0 Å². The molecule has 3 nitrogen and oxygen atoms in total. The SMILES string of the molecule is C=C(/C(F)=C(N)\C(Cl)=C(/C)C(=O)CC)c1ccc2cc[nH]c2c1F. The minimum absolute atomic E-state index is 0.0330. The molecule has 24 heavy (non-hydrogen) atoms. The van der Waals surface area contributed by atoms with Gasteiger partial charge in [-0.3, -0.25) is 4.79 Å². The molecule has 6 heteroatoms. The Bertz CT molecular complexity index is 894. The maximum absolute atomic E-state index is 14.6. The first-order valence-corrected chi connectivity index (χ1v) is 7.67. The predicted octanol–water partition coefficient (Wildman–Crippen LogP) is 4.95. The molecule has 1 aromatic carbocycles. The molecule has 0 saturated heterocycles. The van der Waals surface area contributed by atoms with Crippen LogP contribution in [0, 0.1) is 5.82 Å². The van der Waals surface area contributed by atoms with E-state index in [1.807, 2.05) is 0 Å². The molecule has 0 aliphatic rings. The summed E-state index contributed by atoms with van der Waals surface area (Å²) in [7, 11) is 0. The van der Waals surface area contributed by atoms with Gasteiger partial charge < -0.3 is 10.7 Å². The Balaban J connectivity index is 2.50. The van der Waals surface area contributed by atoms with Crippen molar-refractivity contribution in [2.45, 2.75) is 20.3 Å². The number of hydrogen-bond donors (Lipinski definition) is 2. The number of nitrogens with two attached hydrogens (primary N) is 1. The van der Waals surface area contributed by atoms with Crippen LogP contribution in [-0.4, -0.2) is 10.8 Å². The standard InChI is InChI=1S/C18H17ClF2N2O/c1-4-13(24)10(3)14(19)17(22)15(20)9(2)12-6-5-11-7-8-23-18(11)16(12)21/h5-8,23H,2,4,22H2,1,3H3/b14-10-,17-15-. The Labute approximate surface area is 143 Å². The smallest absolute Gasteiger partial charge is 0.159 e. The number of fused-ring (bicyclic) bond motifs is 1. The number of carbonyl (C=O) groups is 1. The molecule has 0 spiro atoms. The van der Waals surface area contributed by atoms with Gasteiger partial charge in [-0.15, -0.1) is 0 Å². The summed E-state index contributed by atoms with van der Waals surface area (Å²) in [6, 6.07) is 4.76. The van der Waals surface area contributed by atoms with E-state index in [0.29, 0.717) is 5.39 Å². The van der Waals surface area contributed by atoms with Gasteiger partial charge in [-0.05, 0) is 13.0 Å². The first kappa shape index (κ1) is 17.9. The zero-order valence-corrected chi connectivity index (χ0v) is 14.1. The van der Waals surface area contributed by atoms with E-state index in [2.05, 4.69) is 11.6 Å². The lowest BCUT2D eigenvalue weighted by atomic mass is 10.0. The highest BCUT2D eigenvalue weighted by Gasteiger charge is 2.19. The van der Waals surface area contributed by atoms with Crippen LogP contribution in [0.1, 0.15) is 25.8 Å². The fraction of sp³-hybridized carbons (Fsp3) is 0.167. The van der Waals surface area contributed by atoms with Crippen molar-refractivity contribution < 1.29 is 13.6 Å². The number of Topliss-reactive ketones (excluding diaryl/α,β-unsaturated/α-hetero) is 1. The van der Waals surface area contributed by atoms with E-state index >= 15 is 0 Å². The van der Waals surface area contributed by atoms with Gasteiger partial charge in [0, 0.05) is 34.7 Å². The quantitative estimate of drug-likeness (QED) is 0.592. The van der Waals surface area contributed by atoms with Gasteiger partial charge in [-0.25, -0.2) is 8.78 Å². The number of halogens is 3. The van der Waals surface area contributed by atoms with Crippen molar-refractivity contribution in [1.29, 1.82) is 0 Å². The van der Waals surface area contributed by atoms with Crippen LogP contribution in [0.5, 0.6) is 0 Å². The number of hydrogen-bond acceptors (Lipinski definition) is 2. The van der Waals surface area contributed by atoms with Crippen molar-refractivity contribution in [1.82, 2.24) is 4.98 Å². The molecule has 0 fully saturated rings. The lowest BCUT2D eigenvalue weighted by Crippen LogP contribution is -2.08. The highest BCUT2D eigenvalue weighted by atomic mass is 35.5. The largest absolute Gasteiger partial charge is 0.395 e. The number of aromatic nitrogens is 1. The Morgan fingerprint density at radius 2 is 2.04 bits per heavy atom. The summed E-state index contributed by atoms with van der Waals surface area (Å²) in [5.74, 6) is -1.85. The first-order valence-electron chi connectivity index (χ1n) is 7.30. The van der Waals surface area contributed by atoms with Gasteiger partial charge in [-0.1, -0.05) is 37.2 Å². The molecule has 0 unspecified atom stereocenters. The fourth-order valence-electron chi connectivity index (χ4n) is 2.29. The molecule has 0 atom stereocenters. The van der Waals surface area contributed by atoms with Crippen LogP contribution in [0.4, 0.5) is 8.78 Å². The van der Waals surface area contributed by atoms with Crippen LogP contribution < -0.4 is 5.73 Å². The van der Waals surface area contributed by atoms with Crippen molar-refractivity contribution in [3.05, 3.63) is 64.5 Å². The number of H-pyrrole nitrogens is 1. The third-order valence-electron chi connectivity index (χ3n) is 3.80. The molecule has 0 aliphatic heterocycles. The monoisotopic (exact) mass is 350 g/mol. The van der Waals surface area contributed by atoms with E-state index in [-0.39, 0.29) is 39.5 Å². The topological polar surface area (TPSA) is 58.9 Å². The van der Waals surface area contributed by atoms with E-state index < -0.39 is 17.3 Å². The van der Waals surface area contributed by atoms with Crippen molar-refractivity contribution in [3.8, 4) is 0 Å². The number of ketones is 1. The molecule has 0 radical (unpaired) electrons. The summed E-state index contributed by atoms with van der Waals surface area (Å²) >= 11 is 5.99. The summed E-state index contributed by atoms with van der Waals surface area (Å²) in [6.07, 6.45) is 1.80. The minimum atomic E-state index is -0.965. The van der Waals surface area contributed by atoms with Gasteiger partial charge in [0.25, 0.3) is 0 Å². The van der Waals surface area contributed by atoms with Crippen molar-refractivity contribution in [2.24, 2.45) is 5.73 Å². The highest BCUT2D eigenvalue weighted by Crippen LogP contribution is 2.32. The molecule has 1 aromatic heterocycles. The first-order chi connectivity index (χ1) is 11.3. The van der Waals surface area contributed by atoms with E-state index in [1.165, 1.54) is 13.0 Å². The Kier molecular flexibility index (Phi) is 5.24. The predicted molar refractivity (Wildman–Crippen MR) is 93.5 cm³/mol. The molecule has 0 aliphatic carbocycles. The number of rotatable bonds is 5. The number of allylic oxidation sites excluding steroid dienone is 4. The van der Waals surface area contributed by atoms with Gasteiger partial charge in [-0.2, -0.15) is 0 Å². The molecule has 0 amide bonds. The van der Waals surface area contributed by atoms with Gasteiger partial charge in [0.15, 0.2) is 17.4 Å². The van der Waals surface area contributed by atoms with E-state index in [9.17, 15) is 13.6 Å². The van der Waals surface area contributed by atoms with Crippen molar-refractivity contribution in [3.63, 3.8) is 0 Å². The third kappa shape index (κ3) is 3.12. The van der Waals surface area contributed by atoms with Crippen LogP contribution in [0.25, 0.3) is 16.5 Å². The molecule has 1 heterocycles. The fourth-order valence-corrected chi connectivity index (χ4v) is 2.48. The summed E-state index contributed by atoms with van der Waals surface area (Å²) in [6.45, 7) is 6.69. The zero-order valence-electron chi connectivity index (χ0n) is 13.3. The summed E-state index contributed by atoms with van der Waals surface area (Å²) < 4.78 is 29.1. The maximum Gasteiger partial charge on any atom is 0.159 e. The van der Waals surface area contributed by atoms with Crippen LogP contribution in [0.2, 0.25) is 0 Å². The number of aromatic amines is 1. The molecule has 2 rings (SSSR count). The lowest BCUT2D eigenvalue weighted by molar-refractivity contribution is -0.115. The Hall–Kier alpha value is -2.40. The molecular weight excluding hydrogens is 334 g/mol. The number of carbonyl (C=O) groups excluding carboxylic acids is 1. The summed E-state index contributed by atoms with van der Waals surface area (Å²) in [5, 5.41) is 0.464. The van der Waals surface area contributed by atoms with Crippen LogP contribution in [0.3, 0.4) is 0 Å². The summed E-state index contributed by atoms with van der Waals surface area (Å²) in [4.78, 5) is 14.4. The molecule has 2 aromatic rings. The van der Waals surface area contributed by atoms with Gasteiger partial charge >= 0.3 is 0 Å². The van der Waals surface area contributed by atoms with Crippen LogP contribution >= 0.6 is 11.6 Å². The second kappa shape index (κ2) is 7.01. The van der Waals surface area contributed by atoms with Crippen LogP contribution in [0.15, 0.2) is 53.1 Å². The van der Waals surface area contributed by atoms with Crippen LogP contribution in [-0.2, 0) is 4.79 Å². The minimum Gasteiger partial charge on any atom is -0.395 e. The summed E-state index contributed by atoms with van der Waals surface area (Å²) in [5.41, 5.74) is 5.40. The van der Waals surface area contributed by atoms with Gasteiger partial charge in [0.2, 0.25) is 0 Å².